The molecule has 2 rings (SSSR count). The van der Waals surface area contributed by atoms with Crippen molar-refractivity contribution >= 4 is 5.97 Å². The molecule has 98 valence electrons. The Morgan fingerprint density at radius 1 is 1.33 bits per heavy atom. The zero-order valence-electron chi connectivity index (χ0n) is 10.8. The first-order valence-electron chi connectivity index (χ1n) is 6.16. The van der Waals surface area contributed by atoms with Crippen molar-refractivity contribution in [2.45, 2.75) is 13.0 Å². The first kappa shape index (κ1) is 13.0. The number of aliphatic carboxylic acids is 1. The molecule has 1 unspecified atom stereocenters. The number of hydrogen-bond donors (Lipinski definition) is 1. The van der Waals surface area contributed by atoms with Gasteiger partial charge in [0.1, 0.15) is 6.04 Å². The van der Waals surface area contributed by atoms with Gasteiger partial charge in [-0.25, -0.2) is 0 Å². The predicted octanol–water partition coefficient (Wildman–Crippen LogP) is 0.763. The van der Waals surface area contributed by atoms with Crippen molar-refractivity contribution in [3.8, 4) is 0 Å². The maximum atomic E-state index is 11.5. The average Bonchev–Trinajstić information content (AvgIpc) is 2.34. The van der Waals surface area contributed by atoms with Gasteiger partial charge in [-0.2, -0.15) is 0 Å². The zero-order chi connectivity index (χ0) is 13.1. The summed E-state index contributed by atoms with van der Waals surface area (Å²) in [5.41, 5.74) is 1.67. The van der Waals surface area contributed by atoms with Crippen LogP contribution in [0.2, 0.25) is 0 Å². The molecule has 1 aromatic heterocycles. The van der Waals surface area contributed by atoms with E-state index in [9.17, 15) is 9.90 Å². The molecule has 0 radical (unpaired) electrons. The van der Waals surface area contributed by atoms with E-state index in [0.29, 0.717) is 0 Å². The van der Waals surface area contributed by atoms with Gasteiger partial charge in [0.2, 0.25) is 0 Å². The molecule has 5 nitrogen and oxygen atoms in total. The van der Waals surface area contributed by atoms with Crippen molar-refractivity contribution in [3.05, 3.63) is 29.6 Å². The Labute approximate surface area is 107 Å². The lowest BCUT2D eigenvalue weighted by atomic mass is 10.1. The zero-order valence-corrected chi connectivity index (χ0v) is 10.8. The summed E-state index contributed by atoms with van der Waals surface area (Å²) in [5.74, 6) is -0.801. The lowest BCUT2D eigenvalue weighted by molar-refractivity contribution is -0.144. The fraction of sp³-hybridized carbons (Fsp3) is 0.538. The largest absolute Gasteiger partial charge is 0.480 e. The molecule has 18 heavy (non-hydrogen) atoms. The monoisotopic (exact) mass is 249 g/mol. The third-order valence-electron chi connectivity index (χ3n) is 3.39. The summed E-state index contributed by atoms with van der Waals surface area (Å²) >= 11 is 0. The number of piperazine rings is 1. The molecule has 0 aliphatic carbocycles. The number of likely N-dealkylation sites (N-methyl/N-ethyl adjacent to an activating group) is 1. The highest BCUT2D eigenvalue weighted by Gasteiger charge is 2.29. The van der Waals surface area contributed by atoms with Crippen LogP contribution in [-0.2, 0) is 4.79 Å². The quantitative estimate of drug-likeness (QED) is 0.857. The Balaban J connectivity index is 2.18. The maximum Gasteiger partial charge on any atom is 0.325 e. The minimum absolute atomic E-state index is 0.577. The van der Waals surface area contributed by atoms with Gasteiger partial charge in [-0.15, -0.1) is 0 Å². The molecular formula is C13H19N3O2. The summed E-state index contributed by atoms with van der Waals surface area (Å²) in [4.78, 5) is 19.9. The second-order valence-corrected chi connectivity index (χ2v) is 4.81. The summed E-state index contributed by atoms with van der Waals surface area (Å²) in [6.07, 6.45) is 1.67. The van der Waals surface area contributed by atoms with Crippen LogP contribution < -0.4 is 0 Å². The highest BCUT2D eigenvalue weighted by atomic mass is 16.4. The van der Waals surface area contributed by atoms with Crippen molar-refractivity contribution in [2.75, 3.05) is 33.2 Å². The van der Waals surface area contributed by atoms with Crippen molar-refractivity contribution in [1.29, 1.82) is 0 Å². The van der Waals surface area contributed by atoms with Gasteiger partial charge < -0.3 is 10.0 Å². The van der Waals surface area contributed by atoms with Crippen molar-refractivity contribution in [3.63, 3.8) is 0 Å². The SMILES string of the molecule is Cc1ccc(C(C(=O)O)N2CCN(C)CC2)cn1. The van der Waals surface area contributed by atoms with E-state index in [-0.39, 0.29) is 0 Å². The van der Waals surface area contributed by atoms with Gasteiger partial charge in [-0.3, -0.25) is 14.7 Å². The van der Waals surface area contributed by atoms with Crippen LogP contribution in [0.15, 0.2) is 18.3 Å². The van der Waals surface area contributed by atoms with E-state index in [0.717, 1.165) is 37.4 Å². The molecule has 0 spiro atoms. The molecule has 1 fully saturated rings. The molecule has 1 aliphatic heterocycles. The molecule has 1 atom stereocenters. The average molecular weight is 249 g/mol. The van der Waals surface area contributed by atoms with Gasteiger partial charge in [0.15, 0.2) is 0 Å². The number of pyridine rings is 1. The number of aromatic nitrogens is 1. The van der Waals surface area contributed by atoms with E-state index in [1.54, 1.807) is 6.20 Å². The van der Waals surface area contributed by atoms with Crippen LogP contribution in [0.5, 0.6) is 0 Å². The van der Waals surface area contributed by atoms with Crippen LogP contribution in [0.3, 0.4) is 0 Å². The minimum atomic E-state index is -0.801. The molecule has 0 aromatic carbocycles. The Morgan fingerprint density at radius 3 is 2.50 bits per heavy atom. The number of rotatable bonds is 3. The fourth-order valence-electron chi connectivity index (χ4n) is 2.23. The summed E-state index contributed by atoms with van der Waals surface area (Å²) in [5, 5.41) is 9.43. The maximum absolute atomic E-state index is 11.5. The summed E-state index contributed by atoms with van der Waals surface area (Å²) < 4.78 is 0. The Hall–Kier alpha value is -1.46. The minimum Gasteiger partial charge on any atom is -0.480 e. The Morgan fingerprint density at radius 2 is 2.00 bits per heavy atom. The van der Waals surface area contributed by atoms with E-state index in [4.69, 9.17) is 0 Å². The highest BCUT2D eigenvalue weighted by Crippen LogP contribution is 2.21. The number of nitrogens with zero attached hydrogens (tertiary/aromatic N) is 3. The van der Waals surface area contributed by atoms with Crippen molar-refractivity contribution < 1.29 is 9.90 Å². The highest BCUT2D eigenvalue weighted by molar-refractivity contribution is 5.75. The van der Waals surface area contributed by atoms with Crippen LogP contribution in [0, 0.1) is 6.92 Å². The van der Waals surface area contributed by atoms with Gasteiger partial charge in [0.25, 0.3) is 0 Å². The normalized spacial score (nSPS) is 19.7. The summed E-state index contributed by atoms with van der Waals surface area (Å²) in [6, 6.07) is 3.15. The van der Waals surface area contributed by atoms with E-state index in [1.165, 1.54) is 0 Å². The topological polar surface area (TPSA) is 56.7 Å². The molecular weight excluding hydrogens is 230 g/mol. The third-order valence-corrected chi connectivity index (χ3v) is 3.39. The van der Waals surface area contributed by atoms with Crippen LogP contribution in [0.4, 0.5) is 0 Å². The second kappa shape index (κ2) is 5.46. The molecule has 0 saturated carbocycles. The first-order chi connectivity index (χ1) is 8.58. The number of aryl methyl sites for hydroxylation is 1. The molecule has 1 N–H and O–H groups in total. The summed E-state index contributed by atoms with van der Waals surface area (Å²) in [7, 11) is 2.06. The van der Waals surface area contributed by atoms with Crippen LogP contribution >= 0.6 is 0 Å². The molecule has 1 saturated heterocycles. The molecule has 2 heterocycles. The van der Waals surface area contributed by atoms with E-state index < -0.39 is 12.0 Å². The van der Waals surface area contributed by atoms with Crippen LogP contribution in [-0.4, -0.2) is 59.1 Å². The van der Waals surface area contributed by atoms with Crippen LogP contribution in [0.1, 0.15) is 17.3 Å². The van der Waals surface area contributed by atoms with Crippen molar-refractivity contribution in [1.82, 2.24) is 14.8 Å². The number of carboxylic acids is 1. The van der Waals surface area contributed by atoms with E-state index in [1.807, 2.05) is 24.0 Å². The molecule has 1 aliphatic rings. The van der Waals surface area contributed by atoms with Gasteiger partial charge in [-0.1, -0.05) is 6.07 Å². The Kier molecular flexibility index (Phi) is 3.93. The first-order valence-corrected chi connectivity index (χ1v) is 6.16. The molecule has 5 heteroatoms. The number of hydrogen-bond acceptors (Lipinski definition) is 4. The number of carbonyl (C=O) groups is 1. The van der Waals surface area contributed by atoms with Gasteiger partial charge in [-0.05, 0) is 25.6 Å². The van der Waals surface area contributed by atoms with Gasteiger partial charge in [0, 0.05) is 38.1 Å². The van der Waals surface area contributed by atoms with Crippen molar-refractivity contribution in [2.24, 2.45) is 0 Å². The smallest absolute Gasteiger partial charge is 0.325 e. The third kappa shape index (κ3) is 2.86. The standard InChI is InChI=1S/C13H19N3O2/c1-10-3-4-11(9-14-10)12(13(17)18)16-7-5-15(2)6-8-16/h3-4,9,12H,5-8H2,1-2H3,(H,17,18). The van der Waals surface area contributed by atoms with E-state index in [2.05, 4.69) is 16.9 Å². The van der Waals surface area contributed by atoms with Gasteiger partial charge in [0.05, 0.1) is 0 Å². The second-order valence-electron chi connectivity index (χ2n) is 4.81. The molecule has 1 aromatic rings. The van der Waals surface area contributed by atoms with E-state index >= 15 is 0 Å². The fourth-order valence-corrected chi connectivity index (χ4v) is 2.23. The summed E-state index contributed by atoms with van der Waals surface area (Å²) in [6.45, 7) is 5.27. The molecule has 0 amide bonds. The lowest BCUT2D eigenvalue weighted by Gasteiger charge is -2.36. The lowest BCUT2D eigenvalue weighted by Crippen LogP contribution is -2.47. The predicted molar refractivity (Wildman–Crippen MR) is 68.4 cm³/mol. The van der Waals surface area contributed by atoms with Gasteiger partial charge >= 0.3 is 5.97 Å². The number of carboxylic acid groups (broad SMARTS) is 1. The Bertz CT molecular complexity index is 411. The molecule has 0 bridgehead atoms. The van der Waals surface area contributed by atoms with Crippen LogP contribution in [0.25, 0.3) is 0 Å².